The number of methoxy groups -OCH3 is 1. The molecule has 2 aliphatic heterocycles. The first-order chi connectivity index (χ1) is 16.4. The lowest BCUT2D eigenvalue weighted by Gasteiger charge is -2.29. The van der Waals surface area contributed by atoms with Gasteiger partial charge in [0.2, 0.25) is 11.8 Å². The summed E-state index contributed by atoms with van der Waals surface area (Å²) in [6, 6.07) is 13.5. The second-order valence-electron chi connectivity index (χ2n) is 7.80. The van der Waals surface area contributed by atoms with E-state index in [0.29, 0.717) is 22.0 Å². The molecule has 1 aromatic heterocycles. The molecule has 0 radical (unpaired) electrons. The van der Waals surface area contributed by atoms with E-state index in [0.717, 1.165) is 21.8 Å². The molecule has 3 heterocycles. The zero-order chi connectivity index (χ0) is 24.0. The van der Waals surface area contributed by atoms with Crippen LogP contribution in [0.4, 0.5) is 5.69 Å². The van der Waals surface area contributed by atoms with Gasteiger partial charge < -0.3 is 14.5 Å². The molecule has 2 aromatic carbocycles. The maximum Gasteiger partial charge on any atom is 0.338 e. The van der Waals surface area contributed by atoms with Crippen molar-refractivity contribution in [2.45, 2.75) is 23.1 Å². The zero-order valence-electron chi connectivity index (χ0n) is 18.3. The van der Waals surface area contributed by atoms with Gasteiger partial charge >= 0.3 is 10.8 Å². The van der Waals surface area contributed by atoms with Gasteiger partial charge in [-0.1, -0.05) is 35.2 Å². The monoisotopic (exact) mass is 496 g/mol. The number of rotatable bonds is 5. The van der Waals surface area contributed by atoms with Gasteiger partial charge in [0.1, 0.15) is 11.0 Å². The number of aromatic nitrogens is 1. The van der Waals surface area contributed by atoms with Crippen molar-refractivity contribution in [1.82, 2.24) is 4.98 Å². The Hall–Kier alpha value is -3.37. The van der Waals surface area contributed by atoms with Crippen LogP contribution >= 0.6 is 23.1 Å². The van der Waals surface area contributed by atoms with Crippen molar-refractivity contribution in [3.8, 4) is 5.75 Å². The van der Waals surface area contributed by atoms with Crippen LogP contribution in [0.5, 0.6) is 5.75 Å². The molecule has 3 aromatic rings. The van der Waals surface area contributed by atoms with E-state index < -0.39 is 23.1 Å². The Balaban J connectivity index is 1.54. The predicted octanol–water partition coefficient (Wildman–Crippen LogP) is 3.42. The quantitative estimate of drug-likeness (QED) is 0.426. The van der Waals surface area contributed by atoms with Gasteiger partial charge in [-0.25, -0.2) is 9.69 Å². The Labute approximate surface area is 202 Å². The fourth-order valence-electron chi connectivity index (χ4n) is 4.40. The number of nitrogens with one attached hydrogen (secondary N) is 1. The standard InChI is InChI=1S/C24H20N2O6S2/c1-3-32-23(29)13-4-8-14(9-5-13)26-21(27)17-16(12-6-10-15(31-2)11-7-12)18-20(25-24(30)34-18)33-19(17)22(26)28/h4-11,16-17,19H,3H2,1-2H3,(H,25,30)/t16-,17+,19+/m0/s1. The fraction of sp³-hybridized carbons (Fsp3) is 0.250. The number of amides is 2. The smallest absolute Gasteiger partial charge is 0.338 e. The second-order valence-corrected chi connectivity index (χ2v) is 9.97. The third-order valence-corrected chi connectivity index (χ3v) is 8.34. The van der Waals surface area contributed by atoms with Crippen LogP contribution in [0.15, 0.2) is 58.4 Å². The third kappa shape index (κ3) is 3.63. The van der Waals surface area contributed by atoms with Crippen molar-refractivity contribution in [3.05, 3.63) is 74.2 Å². The van der Waals surface area contributed by atoms with Crippen LogP contribution in [0.2, 0.25) is 0 Å². The lowest BCUT2D eigenvalue weighted by molar-refractivity contribution is -0.122. The van der Waals surface area contributed by atoms with Gasteiger partial charge in [0.25, 0.3) is 0 Å². The molecule has 0 spiro atoms. The van der Waals surface area contributed by atoms with Crippen molar-refractivity contribution in [2.24, 2.45) is 5.92 Å². The van der Waals surface area contributed by atoms with Gasteiger partial charge in [-0.15, -0.1) is 0 Å². The third-order valence-electron chi connectivity index (χ3n) is 5.94. The van der Waals surface area contributed by atoms with Crippen molar-refractivity contribution in [1.29, 1.82) is 0 Å². The number of hydrogen-bond acceptors (Lipinski definition) is 8. The Morgan fingerprint density at radius 1 is 1.03 bits per heavy atom. The molecule has 2 aliphatic rings. The first kappa shape index (κ1) is 22.4. The van der Waals surface area contributed by atoms with Crippen LogP contribution in [-0.4, -0.2) is 41.7 Å². The van der Waals surface area contributed by atoms with Crippen LogP contribution in [-0.2, 0) is 14.3 Å². The average Bonchev–Trinajstić information content (AvgIpc) is 3.34. The Bertz CT molecular complexity index is 1330. The molecule has 0 unspecified atom stereocenters. The number of thiazole rings is 1. The summed E-state index contributed by atoms with van der Waals surface area (Å²) in [7, 11) is 1.57. The molecular weight excluding hydrogens is 476 g/mol. The molecule has 0 saturated carbocycles. The molecule has 1 fully saturated rings. The highest BCUT2D eigenvalue weighted by atomic mass is 32.2. The van der Waals surface area contributed by atoms with Crippen LogP contribution < -0.4 is 14.5 Å². The number of carbonyl (C=O) groups is 3. The van der Waals surface area contributed by atoms with Crippen molar-refractivity contribution >= 4 is 46.6 Å². The zero-order valence-corrected chi connectivity index (χ0v) is 19.9. The lowest BCUT2D eigenvalue weighted by Crippen LogP contribution is -2.32. The largest absolute Gasteiger partial charge is 0.497 e. The molecule has 0 bridgehead atoms. The number of esters is 1. The number of H-pyrrole nitrogens is 1. The van der Waals surface area contributed by atoms with Gasteiger partial charge in [-0.3, -0.25) is 14.4 Å². The molecule has 5 rings (SSSR count). The predicted molar refractivity (Wildman–Crippen MR) is 128 cm³/mol. The van der Waals surface area contributed by atoms with Crippen LogP contribution in [0.25, 0.3) is 0 Å². The van der Waals surface area contributed by atoms with Gasteiger partial charge in [0, 0.05) is 10.8 Å². The van der Waals surface area contributed by atoms with Gasteiger partial charge in [-0.05, 0) is 48.9 Å². The normalized spacial score (nSPS) is 21.2. The van der Waals surface area contributed by atoms with Gasteiger partial charge in [-0.2, -0.15) is 0 Å². The van der Waals surface area contributed by atoms with Crippen LogP contribution in [0.3, 0.4) is 0 Å². The summed E-state index contributed by atoms with van der Waals surface area (Å²) in [5.41, 5.74) is 1.56. The summed E-state index contributed by atoms with van der Waals surface area (Å²) in [4.78, 5) is 55.8. The first-order valence-corrected chi connectivity index (χ1v) is 12.3. The van der Waals surface area contributed by atoms with E-state index in [1.165, 1.54) is 28.8 Å². The molecule has 174 valence electrons. The highest BCUT2D eigenvalue weighted by molar-refractivity contribution is 8.00. The number of ether oxygens (including phenoxy) is 2. The van der Waals surface area contributed by atoms with Crippen LogP contribution in [0, 0.1) is 5.92 Å². The van der Waals surface area contributed by atoms with Crippen molar-refractivity contribution in [2.75, 3.05) is 18.6 Å². The molecule has 2 amide bonds. The summed E-state index contributed by atoms with van der Waals surface area (Å²) in [5.74, 6) is -1.60. The van der Waals surface area contributed by atoms with Crippen molar-refractivity contribution < 1.29 is 23.9 Å². The summed E-state index contributed by atoms with van der Waals surface area (Å²) in [6.07, 6.45) is 0. The van der Waals surface area contributed by atoms with E-state index in [1.807, 2.05) is 12.1 Å². The number of aromatic amines is 1. The van der Waals surface area contributed by atoms with E-state index in [4.69, 9.17) is 9.47 Å². The minimum atomic E-state index is -0.679. The molecule has 0 aliphatic carbocycles. The number of nitrogens with zero attached hydrogens (tertiary/aromatic N) is 1. The van der Waals surface area contributed by atoms with E-state index in [2.05, 4.69) is 4.98 Å². The maximum absolute atomic E-state index is 13.7. The second kappa shape index (κ2) is 8.77. The lowest BCUT2D eigenvalue weighted by atomic mass is 9.83. The molecule has 1 N–H and O–H groups in total. The number of carbonyl (C=O) groups excluding carboxylic acids is 3. The number of anilines is 1. The SMILES string of the molecule is CCOC(=O)c1ccc(N2C(=O)[C@@H]3[C@H](c4ccc(OC)cc4)c4sc(=O)[nH]c4S[C@H]3C2=O)cc1. The minimum Gasteiger partial charge on any atom is -0.497 e. The number of benzene rings is 2. The molecule has 3 atom stereocenters. The number of fused-ring (bicyclic) bond motifs is 2. The maximum atomic E-state index is 13.7. The Morgan fingerprint density at radius 3 is 2.38 bits per heavy atom. The number of imide groups is 1. The number of thioether (sulfide) groups is 1. The average molecular weight is 497 g/mol. The Kier molecular flexibility index (Phi) is 5.78. The van der Waals surface area contributed by atoms with Gasteiger partial charge in [0.05, 0.1) is 35.9 Å². The minimum absolute atomic E-state index is 0.220. The summed E-state index contributed by atoms with van der Waals surface area (Å²) in [5, 5.41) is -0.0557. The van der Waals surface area contributed by atoms with Crippen LogP contribution in [0.1, 0.15) is 33.6 Å². The molecule has 34 heavy (non-hydrogen) atoms. The number of hydrogen-bond donors (Lipinski definition) is 1. The Morgan fingerprint density at radius 2 is 1.74 bits per heavy atom. The molecular formula is C24H20N2O6S2. The molecule has 8 nitrogen and oxygen atoms in total. The summed E-state index contributed by atoms with van der Waals surface area (Å²) >= 11 is 2.29. The topological polar surface area (TPSA) is 106 Å². The summed E-state index contributed by atoms with van der Waals surface area (Å²) < 4.78 is 10.3. The van der Waals surface area contributed by atoms with E-state index in [9.17, 15) is 19.2 Å². The summed E-state index contributed by atoms with van der Waals surface area (Å²) in [6.45, 7) is 1.97. The van der Waals surface area contributed by atoms with E-state index >= 15 is 0 Å². The fourth-order valence-corrected chi connectivity index (χ4v) is 6.92. The van der Waals surface area contributed by atoms with Crippen molar-refractivity contribution in [3.63, 3.8) is 0 Å². The van der Waals surface area contributed by atoms with E-state index in [-0.39, 0.29) is 23.3 Å². The van der Waals surface area contributed by atoms with E-state index in [1.54, 1.807) is 38.3 Å². The highest BCUT2D eigenvalue weighted by Crippen LogP contribution is 2.53. The first-order valence-electron chi connectivity index (χ1n) is 10.6. The van der Waals surface area contributed by atoms with Gasteiger partial charge in [0.15, 0.2) is 0 Å². The highest BCUT2D eigenvalue weighted by Gasteiger charge is 2.56. The molecule has 10 heteroatoms. The molecule has 1 saturated heterocycles.